The second-order valence-corrected chi connectivity index (χ2v) is 9.31. The van der Waals surface area contributed by atoms with Crippen LogP contribution in [0.2, 0.25) is 0 Å². The van der Waals surface area contributed by atoms with Crippen LogP contribution < -0.4 is 4.74 Å². The highest BCUT2D eigenvalue weighted by molar-refractivity contribution is 7.89. The highest BCUT2D eigenvalue weighted by Crippen LogP contribution is 2.29. The molecule has 0 spiro atoms. The van der Waals surface area contributed by atoms with E-state index < -0.39 is 10.0 Å². The first-order chi connectivity index (χ1) is 14.5. The van der Waals surface area contributed by atoms with Gasteiger partial charge in [0.05, 0.1) is 11.5 Å². The molecule has 1 heterocycles. The minimum absolute atomic E-state index is 0.276. The summed E-state index contributed by atoms with van der Waals surface area (Å²) < 4.78 is 32.9. The Morgan fingerprint density at radius 3 is 2.33 bits per heavy atom. The van der Waals surface area contributed by atoms with Crippen molar-refractivity contribution < 1.29 is 18.3 Å². The topological polar surface area (TPSA) is 70.1 Å². The third-order valence-electron chi connectivity index (χ3n) is 5.50. The molecule has 6 nitrogen and oxygen atoms in total. The van der Waals surface area contributed by atoms with Crippen LogP contribution in [0.3, 0.4) is 0 Å². The number of hydrogen-bond acceptors (Lipinski definition) is 5. The Kier molecular flexibility index (Phi) is 5.94. The monoisotopic (exact) mass is 426 g/mol. The smallest absolute Gasteiger partial charge is 0.243 e. The van der Waals surface area contributed by atoms with E-state index in [4.69, 9.17) is 4.74 Å². The predicted octanol–water partition coefficient (Wildman–Crippen LogP) is 3.45. The first kappa shape index (κ1) is 20.7. The molecule has 1 aliphatic heterocycles. The molecule has 1 fully saturated rings. The molecule has 30 heavy (non-hydrogen) atoms. The number of fused-ring (bicyclic) bond motifs is 1. The summed E-state index contributed by atoms with van der Waals surface area (Å²) in [7, 11) is -3.53. The molecule has 1 N–H and O–H groups in total. The zero-order chi connectivity index (χ0) is 21.1. The molecule has 7 heteroatoms. The number of aromatic hydroxyl groups is 1. The van der Waals surface area contributed by atoms with Gasteiger partial charge < -0.3 is 9.84 Å². The molecule has 1 aliphatic rings. The van der Waals surface area contributed by atoms with Gasteiger partial charge in [0.2, 0.25) is 10.0 Å². The van der Waals surface area contributed by atoms with Crippen molar-refractivity contribution in [1.82, 2.24) is 9.21 Å². The summed E-state index contributed by atoms with van der Waals surface area (Å²) in [5.41, 5.74) is 0.885. The lowest BCUT2D eigenvalue weighted by molar-refractivity contribution is 0.180. The normalized spacial score (nSPS) is 16.0. The third-order valence-corrected chi connectivity index (χ3v) is 7.41. The van der Waals surface area contributed by atoms with Crippen molar-refractivity contribution in [2.75, 3.05) is 32.8 Å². The minimum atomic E-state index is -3.53. The molecule has 0 saturated carbocycles. The van der Waals surface area contributed by atoms with E-state index in [0.29, 0.717) is 45.1 Å². The van der Waals surface area contributed by atoms with Crippen LogP contribution in [0.25, 0.3) is 10.8 Å². The summed E-state index contributed by atoms with van der Waals surface area (Å²) in [5, 5.41) is 12.5. The van der Waals surface area contributed by atoms with Crippen LogP contribution in [0, 0.1) is 0 Å². The number of phenols is 1. The molecule has 3 aromatic rings. The number of hydrogen-bond donors (Lipinski definition) is 1. The summed E-state index contributed by atoms with van der Waals surface area (Å²) in [5.74, 6) is 0.939. The first-order valence-corrected chi connectivity index (χ1v) is 11.6. The van der Waals surface area contributed by atoms with Crippen molar-refractivity contribution in [1.29, 1.82) is 0 Å². The Morgan fingerprint density at radius 2 is 1.63 bits per heavy atom. The van der Waals surface area contributed by atoms with Crippen molar-refractivity contribution in [3.05, 3.63) is 66.2 Å². The lowest BCUT2D eigenvalue weighted by Crippen LogP contribution is -2.48. The summed E-state index contributed by atoms with van der Waals surface area (Å²) in [6.07, 6.45) is 0. The lowest BCUT2D eigenvalue weighted by atomic mass is 10.0. The number of rotatable bonds is 6. The van der Waals surface area contributed by atoms with E-state index in [-0.39, 0.29) is 10.6 Å². The number of benzene rings is 3. The fourth-order valence-corrected chi connectivity index (χ4v) is 5.29. The summed E-state index contributed by atoms with van der Waals surface area (Å²) in [4.78, 5) is 2.47. The molecular weight excluding hydrogens is 400 g/mol. The number of ether oxygens (including phenoxy) is 1. The van der Waals surface area contributed by atoms with Crippen LogP contribution in [-0.4, -0.2) is 55.5 Å². The van der Waals surface area contributed by atoms with E-state index in [0.717, 1.165) is 16.3 Å². The number of piperazine rings is 1. The molecule has 0 aromatic heterocycles. The van der Waals surface area contributed by atoms with Gasteiger partial charge in [0.1, 0.15) is 11.5 Å². The van der Waals surface area contributed by atoms with Crippen LogP contribution >= 0.6 is 0 Å². The van der Waals surface area contributed by atoms with Crippen molar-refractivity contribution in [3.63, 3.8) is 0 Å². The van der Waals surface area contributed by atoms with E-state index in [1.165, 1.54) is 4.31 Å². The molecule has 0 atom stereocenters. The van der Waals surface area contributed by atoms with Crippen LogP contribution in [0.1, 0.15) is 12.5 Å². The van der Waals surface area contributed by atoms with Gasteiger partial charge in [-0.2, -0.15) is 4.31 Å². The maximum Gasteiger partial charge on any atom is 0.243 e. The van der Waals surface area contributed by atoms with E-state index in [9.17, 15) is 13.5 Å². The maximum atomic E-state index is 13.0. The van der Waals surface area contributed by atoms with Crippen LogP contribution in [0.4, 0.5) is 0 Å². The number of nitrogens with zero attached hydrogens (tertiary/aromatic N) is 2. The van der Waals surface area contributed by atoms with E-state index in [1.54, 1.807) is 30.3 Å². The van der Waals surface area contributed by atoms with Gasteiger partial charge in [-0.3, -0.25) is 4.90 Å². The van der Waals surface area contributed by atoms with Gasteiger partial charge in [0, 0.05) is 38.3 Å². The van der Waals surface area contributed by atoms with Gasteiger partial charge >= 0.3 is 0 Å². The summed E-state index contributed by atoms with van der Waals surface area (Å²) in [6, 6.07) is 18.2. The molecule has 0 amide bonds. The second kappa shape index (κ2) is 8.63. The molecule has 158 valence electrons. The standard InChI is InChI=1S/C23H26N2O4S/c1-2-29-19-8-10-20(11-9-19)30(27,28)25-15-13-24(14-16-25)17-22-21-6-4-3-5-18(21)7-12-23(22)26/h3-12,26H,2,13-17H2,1H3. The van der Waals surface area contributed by atoms with Gasteiger partial charge in [-0.05, 0) is 48.0 Å². The fraction of sp³-hybridized carbons (Fsp3) is 0.304. The van der Waals surface area contributed by atoms with Crippen molar-refractivity contribution in [2.45, 2.75) is 18.4 Å². The fourth-order valence-electron chi connectivity index (χ4n) is 3.87. The van der Waals surface area contributed by atoms with Gasteiger partial charge in [-0.1, -0.05) is 30.3 Å². The number of sulfonamides is 1. The molecule has 0 unspecified atom stereocenters. The highest BCUT2D eigenvalue weighted by atomic mass is 32.2. The SMILES string of the molecule is CCOc1ccc(S(=O)(=O)N2CCN(Cc3c(O)ccc4ccccc34)CC2)cc1. The van der Waals surface area contributed by atoms with Crippen molar-refractivity contribution in [2.24, 2.45) is 0 Å². The zero-order valence-electron chi connectivity index (χ0n) is 17.0. The molecule has 0 bridgehead atoms. The van der Waals surface area contributed by atoms with Crippen molar-refractivity contribution in [3.8, 4) is 11.5 Å². The lowest BCUT2D eigenvalue weighted by Gasteiger charge is -2.34. The predicted molar refractivity (Wildman–Crippen MR) is 117 cm³/mol. The quantitative estimate of drug-likeness (QED) is 0.654. The zero-order valence-corrected chi connectivity index (χ0v) is 17.8. The average molecular weight is 427 g/mol. The van der Waals surface area contributed by atoms with Gasteiger partial charge in [-0.25, -0.2) is 8.42 Å². The van der Waals surface area contributed by atoms with Crippen molar-refractivity contribution >= 4 is 20.8 Å². The van der Waals surface area contributed by atoms with Gasteiger partial charge in [0.15, 0.2) is 0 Å². The Morgan fingerprint density at radius 1 is 0.933 bits per heavy atom. The second-order valence-electron chi connectivity index (χ2n) is 7.37. The molecule has 4 rings (SSSR count). The average Bonchev–Trinajstić information content (AvgIpc) is 2.77. The maximum absolute atomic E-state index is 13.0. The molecular formula is C23H26N2O4S. The summed E-state index contributed by atoms with van der Waals surface area (Å²) >= 11 is 0. The Balaban J connectivity index is 1.45. The molecule has 3 aromatic carbocycles. The van der Waals surface area contributed by atoms with Gasteiger partial charge in [0.25, 0.3) is 0 Å². The third kappa shape index (κ3) is 4.14. The highest BCUT2D eigenvalue weighted by Gasteiger charge is 2.29. The Bertz CT molecular complexity index is 1120. The minimum Gasteiger partial charge on any atom is -0.508 e. The summed E-state index contributed by atoms with van der Waals surface area (Å²) in [6.45, 7) is 5.08. The van der Waals surface area contributed by atoms with E-state index >= 15 is 0 Å². The largest absolute Gasteiger partial charge is 0.508 e. The Labute approximate surface area is 177 Å². The first-order valence-electron chi connectivity index (χ1n) is 10.1. The molecule has 1 saturated heterocycles. The number of phenolic OH excluding ortho intramolecular Hbond substituents is 1. The Hall–Kier alpha value is -2.61. The van der Waals surface area contributed by atoms with Crippen LogP contribution in [-0.2, 0) is 16.6 Å². The molecule has 0 radical (unpaired) electrons. The van der Waals surface area contributed by atoms with E-state index in [1.807, 2.05) is 37.3 Å². The van der Waals surface area contributed by atoms with E-state index in [2.05, 4.69) is 4.90 Å². The molecule has 0 aliphatic carbocycles. The van der Waals surface area contributed by atoms with Crippen LogP contribution in [0.5, 0.6) is 11.5 Å². The van der Waals surface area contributed by atoms with Gasteiger partial charge in [-0.15, -0.1) is 0 Å². The van der Waals surface area contributed by atoms with Crippen LogP contribution in [0.15, 0.2) is 65.6 Å².